The third-order valence-corrected chi connectivity index (χ3v) is 4.55. The number of amides is 1. The van der Waals surface area contributed by atoms with Gasteiger partial charge in [0.15, 0.2) is 0 Å². The zero-order valence-electron chi connectivity index (χ0n) is 12.7. The summed E-state index contributed by atoms with van der Waals surface area (Å²) in [6, 6.07) is 5.17. The van der Waals surface area contributed by atoms with Crippen molar-refractivity contribution in [3.63, 3.8) is 0 Å². The second kappa shape index (κ2) is 8.04. The Morgan fingerprint density at radius 2 is 2.27 bits per heavy atom. The molecule has 122 valence electrons. The predicted octanol–water partition coefficient (Wildman–Crippen LogP) is 3.35. The number of carbonyl (C=O) groups is 1. The number of benzene rings is 1. The van der Waals surface area contributed by atoms with Crippen molar-refractivity contribution in [1.82, 2.24) is 4.90 Å². The van der Waals surface area contributed by atoms with E-state index in [0.717, 1.165) is 25.9 Å². The molecule has 1 aliphatic rings. The van der Waals surface area contributed by atoms with Crippen LogP contribution in [0.2, 0.25) is 10.0 Å². The minimum absolute atomic E-state index is 0.107. The van der Waals surface area contributed by atoms with Gasteiger partial charge in [0.2, 0.25) is 5.91 Å². The van der Waals surface area contributed by atoms with Crippen LogP contribution < -0.4 is 10.5 Å². The van der Waals surface area contributed by atoms with Gasteiger partial charge in [-0.15, -0.1) is 0 Å². The molecule has 0 aromatic heterocycles. The fourth-order valence-electron chi connectivity index (χ4n) is 2.66. The van der Waals surface area contributed by atoms with Gasteiger partial charge in [0.1, 0.15) is 5.75 Å². The van der Waals surface area contributed by atoms with Crippen LogP contribution in [0.25, 0.3) is 0 Å². The van der Waals surface area contributed by atoms with Gasteiger partial charge in [0.05, 0.1) is 18.1 Å². The average molecular weight is 345 g/mol. The molecule has 2 rings (SSSR count). The van der Waals surface area contributed by atoms with Gasteiger partial charge in [-0.3, -0.25) is 4.79 Å². The highest BCUT2D eigenvalue weighted by atomic mass is 35.5. The normalized spacial score (nSPS) is 19.8. The largest absolute Gasteiger partial charge is 0.491 e. The molecule has 1 aromatic rings. The highest BCUT2D eigenvalue weighted by Gasteiger charge is 2.25. The van der Waals surface area contributed by atoms with E-state index in [-0.39, 0.29) is 11.9 Å². The van der Waals surface area contributed by atoms with Crippen molar-refractivity contribution in [2.75, 3.05) is 19.7 Å². The first-order valence-electron chi connectivity index (χ1n) is 7.58. The van der Waals surface area contributed by atoms with E-state index in [1.54, 1.807) is 18.2 Å². The maximum atomic E-state index is 12.2. The zero-order valence-corrected chi connectivity index (χ0v) is 14.2. The van der Waals surface area contributed by atoms with E-state index >= 15 is 0 Å². The van der Waals surface area contributed by atoms with Crippen molar-refractivity contribution in [2.24, 2.45) is 11.7 Å². The van der Waals surface area contributed by atoms with E-state index in [9.17, 15) is 4.79 Å². The molecule has 0 bridgehead atoms. The lowest BCUT2D eigenvalue weighted by Crippen LogP contribution is -2.45. The van der Waals surface area contributed by atoms with E-state index in [1.165, 1.54) is 0 Å². The summed E-state index contributed by atoms with van der Waals surface area (Å²) in [5.74, 6) is 1.05. The van der Waals surface area contributed by atoms with Crippen molar-refractivity contribution in [2.45, 2.75) is 32.2 Å². The topological polar surface area (TPSA) is 55.6 Å². The number of nitrogens with two attached hydrogens (primary N) is 1. The Morgan fingerprint density at radius 3 is 2.95 bits per heavy atom. The molecule has 2 atom stereocenters. The number of likely N-dealkylation sites (tertiary alicyclic amines) is 1. The Labute approximate surface area is 141 Å². The molecule has 0 radical (unpaired) electrons. The number of hydrogen-bond donors (Lipinski definition) is 1. The van der Waals surface area contributed by atoms with Crippen molar-refractivity contribution >= 4 is 29.1 Å². The van der Waals surface area contributed by atoms with Crippen LogP contribution in [0, 0.1) is 5.92 Å². The monoisotopic (exact) mass is 344 g/mol. The molecule has 1 aromatic carbocycles. The summed E-state index contributed by atoms with van der Waals surface area (Å²) in [7, 11) is 0. The lowest BCUT2D eigenvalue weighted by Gasteiger charge is -2.34. The fraction of sp³-hybridized carbons (Fsp3) is 0.562. The van der Waals surface area contributed by atoms with E-state index in [1.807, 2.05) is 11.8 Å². The average Bonchev–Trinajstić information content (AvgIpc) is 2.49. The van der Waals surface area contributed by atoms with Crippen LogP contribution in [-0.4, -0.2) is 36.5 Å². The van der Waals surface area contributed by atoms with Gasteiger partial charge in [-0.2, -0.15) is 0 Å². The molecule has 1 saturated heterocycles. The Bertz CT molecular complexity index is 523. The molecule has 4 nitrogen and oxygen atoms in total. The van der Waals surface area contributed by atoms with Crippen LogP contribution in [0.4, 0.5) is 0 Å². The standard InChI is InChI=1S/C16H22Cl2N2O2/c1-11(19)12-3-2-7-20(10-12)16(21)6-8-22-15-5-4-13(17)9-14(15)18/h4-5,9,11-12H,2-3,6-8,10,19H2,1H3/t11-,12+/m1/s1. The van der Waals surface area contributed by atoms with Crippen LogP contribution >= 0.6 is 23.2 Å². The zero-order chi connectivity index (χ0) is 16.1. The van der Waals surface area contributed by atoms with E-state index in [4.69, 9.17) is 33.7 Å². The fourth-order valence-corrected chi connectivity index (χ4v) is 3.13. The minimum Gasteiger partial charge on any atom is -0.491 e. The molecular weight excluding hydrogens is 323 g/mol. The Balaban J connectivity index is 1.80. The number of nitrogens with zero attached hydrogens (tertiary/aromatic N) is 1. The molecular formula is C16H22Cl2N2O2. The quantitative estimate of drug-likeness (QED) is 0.890. The summed E-state index contributed by atoms with van der Waals surface area (Å²) < 4.78 is 5.56. The maximum absolute atomic E-state index is 12.2. The molecule has 1 amide bonds. The smallest absolute Gasteiger partial charge is 0.226 e. The van der Waals surface area contributed by atoms with Gasteiger partial charge in [0.25, 0.3) is 0 Å². The summed E-state index contributed by atoms with van der Waals surface area (Å²) in [6.07, 6.45) is 2.45. The van der Waals surface area contributed by atoms with Gasteiger partial charge >= 0.3 is 0 Å². The lowest BCUT2D eigenvalue weighted by molar-refractivity contribution is -0.133. The van der Waals surface area contributed by atoms with Crippen molar-refractivity contribution < 1.29 is 9.53 Å². The molecule has 0 spiro atoms. The van der Waals surface area contributed by atoms with Gasteiger partial charge in [-0.1, -0.05) is 23.2 Å². The highest BCUT2D eigenvalue weighted by Crippen LogP contribution is 2.27. The van der Waals surface area contributed by atoms with Gasteiger partial charge in [-0.25, -0.2) is 0 Å². The number of carbonyl (C=O) groups excluding carboxylic acids is 1. The molecule has 6 heteroatoms. The second-order valence-corrected chi connectivity index (χ2v) is 6.62. The summed E-state index contributed by atoms with van der Waals surface area (Å²) >= 11 is 11.9. The highest BCUT2D eigenvalue weighted by molar-refractivity contribution is 6.35. The van der Waals surface area contributed by atoms with Crippen molar-refractivity contribution in [3.8, 4) is 5.75 Å². The van der Waals surface area contributed by atoms with E-state index < -0.39 is 0 Å². The SMILES string of the molecule is C[C@@H](N)[C@H]1CCCN(C(=O)CCOc2ccc(Cl)cc2Cl)C1. The first-order chi connectivity index (χ1) is 10.5. The first-order valence-corrected chi connectivity index (χ1v) is 8.34. The number of halogens is 2. The second-order valence-electron chi connectivity index (χ2n) is 5.77. The van der Waals surface area contributed by atoms with E-state index in [0.29, 0.717) is 34.7 Å². The minimum atomic E-state index is 0.107. The van der Waals surface area contributed by atoms with Crippen molar-refractivity contribution in [1.29, 1.82) is 0 Å². The van der Waals surface area contributed by atoms with Crippen LogP contribution in [0.1, 0.15) is 26.2 Å². The molecule has 22 heavy (non-hydrogen) atoms. The molecule has 0 unspecified atom stereocenters. The summed E-state index contributed by atoms with van der Waals surface area (Å²) in [5, 5.41) is 1.01. The Morgan fingerprint density at radius 1 is 1.50 bits per heavy atom. The van der Waals surface area contributed by atoms with Gasteiger partial charge in [0, 0.05) is 24.2 Å². The molecule has 1 heterocycles. The van der Waals surface area contributed by atoms with E-state index in [2.05, 4.69) is 0 Å². The van der Waals surface area contributed by atoms with Crippen LogP contribution in [0.5, 0.6) is 5.75 Å². The molecule has 1 fully saturated rings. The van der Waals surface area contributed by atoms with Crippen LogP contribution in [0.3, 0.4) is 0 Å². The van der Waals surface area contributed by atoms with Gasteiger partial charge in [-0.05, 0) is 43.9 Å². The third kappa shape index (κ3) is 4.77. The molecule has 2 N–H and O–H groups in total. The van der Waals surface area contributed by atoms with Crippen molar-refractivity contribution in [3.05, 3.63) is 28.2 Å². The number of ether oxygens (including phenoxy) is 1. The number of piperidine rings is 1. The third-order valence-electron chi connectivity index (χ3n) is 4.02. The summed E-state index contributed by atoms with van der Waals surface area (Å²) in [5.41, 5.74) is 5.95. The molecule has 0 saturated carbocycles. The number of hydrogen-bond acceptors (Lipinski definition) is 3. The summed E-state index contributed by atoms with van der Waals surface area (Å²) in [4.78, 5) is 14.1. The molecule has 1 aliphatic heterocycles. The number of rotatable bonds is 5. The summed E-state index contributed by atoms with van der Waals surface area (Å²) in [6.45, 7) is 3.87. The Hall–Kier alpha value is -0.970. The Kier molecular flexibility index (Phi) is 6.36. The van der Waals surface area contributed by atoms with Gasteiger partial charge < -0.3 is 15.4 Å². The molecule has 0 aliphatic carbocycles. The lowest BCUT2D eigenvalue weighted by atomic mass is 9.92. The van der Waals surface area contributed by atoms with Crippen LogP contribution in [-0.2, 0) is 4.79 Å². The predicted molar refractivity (Wildman–Crippen MR) is 89.5 cm³/mol. The first kappa shape index (κ1) is 17.4. The maximum Gasteiger partial charge on any atom is 0.226 e. The van der Waals surface area contributed by atoms with Crippen LogP contribution in [0.15, 0.2) is 18.2 Å².